The number of hydrogen-bond acceptors (Lipinski definition) is 3. The van der Waals surface area contributed by atoms with E-state index in [1.54, 1.807) is 32.4 Å². The number of carbonyl (C=O) groups is 1. The lowest BCUT2D eigenvalue weighted by atomic mass is 10.1. The van der Waals surface area contributed by atoms with Crippen LogP contribution in [0.3, 0.4) is 0 Å². The lowest BCUT2D eigenvalue weighted by Crippen LogP contribution is -2.24. The number of amides is 1. The van der Waals surface area contributed by atoms with Gasteiger partial charge in [0.1, 0.15) is 17.3 Å². The number of benzene rings is 2. The molecule has 0 atom stereocenters. The molecule has 2 rings (SSSR count). The fourth-order valence-corrected chi connectivity index (χ4v) is 2.02. The third-order valence-corrected chi connectivity index (χ3v) is 3.18. The fraction of sp³-hybridized carbons (Fsp3) is 0.235. The molecule has 22 heavy (non-hydrogen) atoms. The number of methoxy groups -OCH3 is 2. The molecular formula is C17H18FNO3. The quantitative estimate of drug-likeness (QED) is 0.892. The molecule has 0 aliphatic carbocycles. The van der Waals surface area contributed by atoms with Crippen LogP contribution >= 0.6 is 0 Å². The monoisotopic (exact) mass is 303 g/mol. The molecule has 0 saturated carbocycles. The van der Waals surface area contributed by atoms with Crippen LogP contribution in [-0.4, -0.2) is 20.1 Å². The number of hydrogen-bond donors (Lipinski definition) is 1. The lowest BCUT2D eigenvalue weighted by Gasteiger charge is -2.09. The van der Waals surface area contributed by atoms with Crippen molar-refractivity contribution >= 4 is 5.91 Å². The second-order valence-electron chi connectivity index (χ2n) is 4.80. The summed E-state index contributed by atoms with van der Waals surface area (Å²) >= 11 is 0. The Hall–Kier alpha value is -2.56. The number of rotatable bonds is 6. The first-order valence-electron chi connectivity index (χ1n) is 6.84. The van der Waals surface area contributed by atoms with Crippen molar-refractivity contribution in [2.24, 2.45) is 0 Å². The van der Waals surface area contributed by atoms with Crippen molar-refractivity contribution in [2.75, 3.05) is 14.2 Å². The molecule has 0 saturated heterocycles. The Bertz CT molecular complexity index is 619. The van der Waals surface area contributed by atoms with Crippen molar-refractivity contribution < 1.29 is 18.7 Å². The summed E-state index contributed by atoms with van der Waals surface area (Å²) in [5.41, 5.74) is 1.64. The minimum absolute atomic E-state index is 0.131. The molecule has 1 N–H and O–H groups in total. The second kappa shape index (κ2) is 7.45. The van der Waals surface area contributed by atoms with Gasteiger partial charge < -0.3 is 14.8 Å². The van der Waals surface area contributed by atoms with E-state index in [0.29, 0.717) is 18.0 Å². The van der Waals surface area contributed by atoms with Crippen LogP contribution in [0.5, 0.6) is 11.5 Å². The van der Waals surface area contributed by atoms with E-state index in [9.17, 15) is 9.18 Å². The van der Waals surface area contributed by atoms with E-state index >= 15 is 0 Å². The summed E-state index contributed by atoms with van der Waals surface area (Å²) in [6.07, 6.45) is 0.210. The maximum atomic E-state index is 12.8. The number of ether oxygens (including phenoxy) is 2. The zero-order valence-electron chi connectivity index (χ0n) is 12.6. The minimum Gasteiger partial charge on any atom is -0.497 e. The van der Waals surface area contributed by atoms with E-state index < -0.39 is 0 Å². The summed E-state index contributed by atoms with van der Waals surface area (Å²) < 4.78 is 23.2. The van der Waals surface area contributed by atoms with E-state index in [2.05, 4.69) is 5.32 Å². The number of halogens is 1. The molecule has 0 fully saturated rings. The zero-order valence-corrected chi connectivity index (χ0v) is 12.6. The predicted molar refractivity (Wildman–Crippen MR) is 81.5 cm³/mol. The third-order valence-electron chi connectivity index (χ3n) is 3.18. The van der Waals surface area contributed by atoms with E-state index in [1.165, 1.54) is 12.1 Å². The van der Waals surface area contributed by atoms with Crippen LogP contribution in [0.15, 0.2) is 42.5 Å². The van der Waals surface area contributed by atoms with Crippen LogP contribution in [0.25, 0.3) is 0 Å². The topological polar surface area (TPSA) is 47.6 Å². The van der Waals surface area contributed by atoms with Crippen LogP contribution in [-0.2, 0) is 17.8 Å². The highest BCUT2D eigenvalue weighted by atomic mass is 19.1. The van der Waals surface area contributed by atoms with Gasteiger partial charge in [0.2, 0.25) is 5.91 Å². The molecule has 0 aliphatic rings. The molecule has 0 heterocycles. The first-order valence-corrected chi connectivity index (χ1v) is 6.84. The van der Waals surface area contributed by atoms with Crippen LogP contribution in [0.2, 0.25) is 0 Å². The van der Waals surface area contributed by atoms with Crippen molar-refractivity contribution in [1.82, 2.24) is 5.32 Å². The summed E-state index contributed by atoms with van der Waals surface area (Å²) in [7, 11) is 3.15. The summed E-state index contributed by atoms with van der Waals surface area (Å²) in [6.45, 7) is 0.369. The van der Waals surface area contributed by atoms with E-state index in [-0.39, 0.29) is 18.1 Å². The van der Waals surface area contributed by atoms with Crippen molar-refractivity contribution in [3.05, 3.63) is 59.4 Å². The number of nitrogens with one attached hydrogen (secondary N) is 1. The SMILES string of the molecule is COc1cc(CNC(=O)Cc2ccc(F)cc2)cc(OC)c1. The van der Waals surface area contributed by atoms with Gasteiger partial charge in [-0.05, 0) is 35.4 Å². The van der Waals surface area contributed by atoms with E-state index in [1.807, 2.05) is 12.1 Å². The van der Waals surface area contributed by atoms with Crippen molar-refractivity contribution in [3.8, 4) is 11.5 Å². The molecule has 2 aromatic rings. The van der Waals surface area contributed by atoms with Gasteiger partial charge in [0, 0.05) is 12.6 Å². The van der Waals surface area contributed by atoms with Gasteiger partial charge >= 0.3 is 0 Å². The van der Waals surface area contributed by atoms with E-state index in [0.717, 1.165) is 11.1 Å². The molecule has 0 aromatic heterocycles. The molecule has 0 unspecified atom stereocenters. The van der Waals surface area contributed by atoms with Crippen molar-refractivity contribution in [1.29, 1.82) is 0 Å². The molecule has 2 aromatic carbocycles. The average Bonchev–Trinajstić information content (AvgIpc) is 2.54. The van der Waals surface area contributed by atoms with Gasteiger partial charge in [0.25, 0.3) is 0 Å². The Balaban J connectivity index is 1.94. The molecule has 116 valence electrons. The van der Waals surface area contributed by atoms with Gasteiger partial charge in [-0.1, -0.05) is 12.1 Å². The van der Waals surface area contributed by atoms with Crippen molar-refractivity contribution in [3.63, 3.8) is 0 Å². The van der Waals surface area contributed by atoms with Crippen LogP contribution in [0.1, 0.15) is 11.1 Å². The highest BCUT2D eigenvalue weighted by Crippen LogP contribution is 2.22. The molecule has 0 bridgehead atoms. The Kier molecular flexibility index (Phi) is 5.36. The van der Waals surface area contributed by atoms with Crippen LogP contribution in [0.4, 0.5) is 4.39 Å². The molecular weight excluding hydrogens is 285 g/mol. The molecule has 5 heteroatoms. The standard InChI is InChI=1S/C17H18FNO3/c1-21-15-7-13(8-16(10-15)22-2)11-19-17(20)9-12-3-5-14(18)6-4-12/h3-8,10H,9,11H2,1-2H3,(H,19,20). The normalized spacial score (nSPS) is 10.1. The highest BCUT2D eigenvalue weighted by Gasteiger charge is 2.06. The number of carbonyl (C=O) groups excluding carboxylic acids is 1. The average molecular weight is 303 g/mol. The zero-order chi connectivity index (χ0) is 15.9. The maximum absolute atomic E-state index is 12.8. The van der Waals surface area contributed by atoms with Gasteiger partial charge in [-0.2, -0.15) is 0 Å². The minimum atomic E-state index is -0.312. The lowest BCUT2D eigenvalue weighted by molar-refractivity contribution is -0.120. The van der Waals surface area contributed by atoms with Crippen LogP contribution in [0, 0.1) is 5.82 Å². The largest absolute Gasteiger partial charge is 0.497 e. The summed E-state index contributed by atoms with van der Waals surface area (Å²) in [5.74, 6) is 0.894. The van der Waals surface area contributed by atoms with E-state index in [4.69, 9.17) is 9.47 Å². The van der Waals surface area contributed by atoms with Gasteiger partial charge in [-0.15, -0.1) is 0 Å². The Morgan fingerprint density at radius 2 is 1.59 bits per heavy atom. The third kappa shape index (κ3) is 4.48. The fourth-order valence-electron chi connectivity index (χ4n) is 2.02. The smallest absolute Gasteiger partial charge is 0.224 e. The van der Waals surface area contributed by atoms with Gasteiger partial charge in [0.15, 0.2) is 0 Å². The summed E-state index contributed by atoms with van der Waals surface area (Å²) in [6, 6.07) is 11.3. The molecule has 4 nitrogen and oxygen atoms in total. The molecule has 0 spiro atoms. The second-order valence-corrected chi connectivity index (χ2v) is 4.80. The molecule has 1 amide bonds. The first-order chi connectivity index (χ1) is 10.6. The maximum Gasteiger partial charge on any atom is 0.224 e. The Morgan fingerprint density at radius 1 is 1.00 bits per heavy atom. The molecule has 0 aliphatic heterocycles. The van der Waals surface area contributed by atoms with Crippen LogP contribution < -0.4 is 14.8 Å². The Morgan fingerprint density at radius 3 is 2.14 bits per heavy atom. The van der Waals surface area contributed by atoms with Gasteiger partial charge in [-0.25, -0.2) is 4.39 Å². The summed E-state index contributed by atoms with van der Waals surface area (Å²) in [4.78, 5) is 11.9. The van der Waals surface area contributed by atoms with Gasteiger partial charge in [0.05, 0.1) is 20.6 Å². The van der Waals surface area contributed by atoms with Crippen molar-refractivity contribution in [2.45, 2.75) is 13.0 Å². The predicted octanol–water partition coefficient (Wildman–Crippen LogP) is 2.70. The molecule has 0 radical (unpaired) electrons. The highest BCUT2D eigenvalue weighted by molar-refractivity contribution is 5.78. The summed E-state index contributed by atoms with van der Waals surface area (Å²) in [5, 5.41) is 2.82. The first kappa shape index (κ1) is 15.8. The van der Waals surface area contributed by atoms with Gasteiger partial charge in [-0.3, -0.25) is 4.79 Å². The Labute approximate surface area is 128 Å².